The van der Waals surface area contributed by atoms with Gasteiger partial charge in [-0.15, -0.1) is 0 Å². The predicted molar refractivity (Wildman–Crippen MR) is 69.4 cm³/mol. The number of carbonyl (C=O) groups excluding carboxylic acids is 1. The number of rotatable bonds is 5. The quantitative estimate of drug-likeness (QED) is 0.820. The molecule has 1 saturated heterocycles. The SMILES string of the molecule is Cc1ncccc1NC(=O)CNCC1CCCO1. The third kappa shape index (κ3) is 3.78. The van der Waals surface area contributed by atoms with Crippen LogP contribution < -0.4 is 10.6 Å². The van der Waals surface area contributed by atoms with Crippen LogP contribution in [0.3, 0.4) is 0 Å². The summed E-state index contributed by atoms with van der Waals surface area (Å²) in [5, 5.41) is 5.94. The van der Waals surface area contributed by atoms with E-state index in [4.69, 9.17) is 4.74 Å². The van der Waals surface area contributed by atoms with E-state index in [1.165, 1.54) is 0 Å². The molecule has 1 aliphatic heterocycles. The molecule has 0 aromatic carbocycles. The van der Waals surface area contributed by atoms with E-state index in [1.807, 2.05) is 19.1 Å². The number of hydrogen-bond donors (Lipinski definition) is 2. The largest absolute Gasteiger partial charge is 0.377 e. The second-order valence-corrected chi connectivity index (χ2v) is 4.45. The number of carbonyl (C=O) groups is 1. The standard InChI is InChI=1S/C13H19N3O2/c1-10-12(5-2-6-15-10)16-13(17)9-14-8-11-4-3-7-18-11/h2,5-6,11,14H,3-4,7-9H2,1H3,(H,16,17). The molecule has 0 spiro atoms. The van der Waals surface area contributed by atoms with Crippen molar-refractivity contribution in [3.05, 3.63) is 24.0 Å². The highest BCUT2D eigenvalue weighted by atomic mass is 16.5. The number of amides is 1. The van der Waals surface area contributed by atoms with E-state index >= 15 is 0 Å². The molecule has 0 bridgehead atoms. The van der Waals surface area contributed by atoms with Crippen LogP contribution in [0.2, 0.25) is 0 Å². The molecule has 98 valence electrons. The van der Waals surface area contributed by atoms with E-state index in [2.05, 4.69) is 15.6 Å². The Balaban J connectivity index is 1.70. The van der Waals surface area contributed by atoms with Crippen molar-refractivity contribution in [3.8, 4) is 0 Å². The van der Waals surface area contributed by atoms with E-state index in [0.717, 1.165) is 37.4 Å². The first-order chi connectivity index (χ1) is 8.75. The lowest BCUT2D eigenvalue weighted by atomic mass is 10.2. The second kappa shape index (κ2) is 6.47. The summed E-state index contributed by atoms with van der Waals surface area (Å²) in [5.74, 6) is -0.0518. The van der Waals surface area contributed by atoms with E-state index in [0.29, 0.717) is 6.54 Å². The molecule has 1 atom stereocenters. The summed E-state index contributed by atoms with van der Waals surface area (Å²) in [5.41, 5.74) is 1.59. The van der Waals surface area contributed by atoms with Gasteiger partial charge in [0.25, 0.3) is 0 Å². The van der Waals surface area contributed by atoms with Gasteiger partial charge in [0.05, 0.1) is 24.0 Å². The van der Waals surface area contributed by atoms with Crippen LogP contribution in [0, 0.1) is 6.92 Å². The Morgan fingerprint density at radius 1 is 1.61 bits per heavy atom. The maximum atomic E-state index is 11.7. The number of nitrogens with one attached hydrogen (secondary N) is 2. The Kier molecular flexibility index (Phi) is 4.66. The fraction of sp³-hybridized carbons (Fsp3) is 0.538. The van der Waals surface area contributed by atoms with Crippen LogP contribution in [0.15, 0.2) is 18.3 Å². The van der Waals surface area contributed by atoms with E-state index < -0.39 is 0 Å². The van der Waals surface area contributed by atoms with Gasteiger partial charge in [-0.05, 0) is 31.9 Å². The fourth-order valence-corrected chi connectivity index (χ4v) is 1.96. The molecule has 2 heterocycles. The summed E-state index contributed by atoms with van der Waals surface area (Å²) in [6.45, 7) is 3.75. The van der Waals surface area contributed by atoms with Crippen molar-refractivity contribution in [2.24, 2.45) is 0 Å². The predicted octanol–water partition coefficient (Wildman–Crippen LogP) is 1.10. The van der Waals surface area contributed by atoms with Gasteiger partial charge in [0.1, 0.15) is 0 Å². The minimum Gasteiger partial charge on any atom is -0.377 e. The molecule has 5 nitrogen and oxygen atoms in total. The van der Waals surface area contributed by atoms with Crippen LogP contribution in [-0.4, -0.2) is 36.7 Å². The van der Waals surface area contributed by atoms with Crippen molar-refractivity contribution in [1.29, 1.82) is 0 Å². The van der Waals surface area contributed by atoms with Crippen molar-refractivity contribution < 1.29 is 9.53 Å². The molecule has 1 unspecified atom stereocenters. The monoisotopic (exact) mass is 249 g/mol. The van der Waals surface area contributed by atoms with Crippen molar-refractivity contribution >= 4 is 11.6 Å². The van der Waals surface area contributed by atoms with Gasteiger partial charge in [0, 0.05) is 19.3 Å². The first-order valence-electron chi connectivity index (χ1n) is 6.29. The van der Waals surface area contributed by atoms with Gasteiger partial charge in [0.15, 0.2) is 0 Å². The highest BCUT2D eigenvalue weighted by Crippen LogP contribution is 2.11. The summed E-state index contributed by atoms with van der Waals surface area (Å²) in [6.07, 6.45) is 4.17. The smallest absolute Gasteiger partial charge is 0.238 e. The first kappa shape index (κ1) is 13.0. The van der Waals surface area contributed by atoms with Gasteiger partial charge in [-0.25, -0.2) is 0 Å². The molecule has 2 N–H and O–H groups in total. The molecular weight excluding hydrogens is 230 g/mol. The van der Waals surface area contributed by atoms with Crippen LogP contribution in [0.25, 0.3) is 0 Å². The highest BCUT2D eigenvalue weighted by molar-refractivity contribution is 5.92. The van der Waals surface area contributed by atoms with Gasteiger partial charge in [0.2, 0.25) is 5.91 Å². The van der Waals surface area contributed by atoms with Crippen LogP contribution in [0.1, 0.15) is 18.5 Å². The minimum atomic E-state index is -0.0518. The van der Waals surface area contributed by atoms with Crippen molar-refractivity contribution in [3.63, 3.8) is 0 Å². The number of anilines is 1. The Bertz CT molecular complexity index is 403. The molecule has 0 radical (unpaired) electrons. The topological polar surface area (TPSA) is 63.2 Å². The zero-order chi connectivity index (χ0) is 12.8. The first-order valence-corrected chi connectivity index (χ1v) is 6.29. The molecule has 0 saturated carbocycles. The van der Waals surface area contributed by atoms with Gasteiger partial charge in [-0.2, -0.15) is 0 Å². The average Bonchev–Trinajstić information content (AvgIpc) is 2.85. The summed E-state index contributed by atoms with van der Waals surface area (Å²) < 4.78 is 5.47. The van der Waals surface area contributed by atoms with Gasteiger partial charge in [-0.1, -0.05) is 0 Å². The third-order valence-corrected chi connectivity index (χ3v) is 2.96. The maximum absolute atomic E-state index is 11.7. The van der Waals surface area contributed by atoms with Crippen LogP contribution >= 0.6 is 0 Å². The maximum Gasteiger partial charge on any atom is 0.238 e. The van der Waals surface area contributed by atoms with Crippen LogP contribution in [0.4, 0.5) is 5.69 Å². The van der Waals surface area contributed by atoms with E-state index in [-0.39, 0.29) is 12.0 Å². The van der Waals surface area contributed by atoms with Crippen LogP contribution in [-0.2, 0) is 9.53 Å². The highest BCUT2D eigenvalue weighted by Gasteiger charge is 2.15. The molecule has 0 aliphatic carbocycles. The lowest BCUT2D eigenvalue weighted by molar-refractivity contribution is -0.115. The second-order valence-electron chi connectivity index (χ2n) is 4.45. The number of nitrogens with zero attached hydrogens (tertiary/aromatic N) is 1. The lowest BCUT2D eigenvalue weighted by Crippen LogP contribution is -2.33. The summed E-state index contributed by atoms with van der Waals surface area (Å²) in [6, 6.07) is 3.66. The van der Waals surface area contributed by atoms with Gasteiger partial charge < -0.3 is 15.4 Å². The third-order valence-electron chi connectivity index (χ3n) is 2.96. The zero-order valence-corrected chi connectivity index (χ0v) is 10.6. The Hall–Kier alpha value is -1.46. The van der Waals surface area contributed by atoms with E-state index in [1.54, 1.807) is 6.20 Å². The normalized spacial score (nSPS) is 18.8. The molecule has 1 fully saturated rings. The molecule has 18 heavy (non-hydrogen) atoms. The molecule has 1 aromatic heterocycles. The number of ether oxygens (including phenoxy) is 1. The number of aryl methyl sites for hydroxylation is 1. The Morgan fingerprint density at radius 2 is 2.50 bits per heavy atom. The minimum absolute atomic E-state index is 0.0518. The molecular formula is C13H19N3O2. The summed E-state index contributed by atoms with van der Waals surface area (Å²) >= 11 is 0. The summed E-state index contributed by atoms with van der Waals surface area (Å²) in [4.78, 5) is 15.8. The fourth-order valence-electron chi connectivity index (χ4n) is 1.96. The Labute approximate surface area is 107 Å². The molecule has 2 rings (SSSR count). The number of aromatic nitrogens is 1. The number of pyridine rings is 1. The van der Waals surface area contributed by atoms with Crippen molar-refractivity contribution in [2.45, 2.75) is 25.9 Å². The van der Waals surface area contributed by atoms with Crippen molar-refractivity contribution in [1.82, 2.24) is 10.3 Å². The molecule has 1 aliphatic rings. The van der Waals surface area contributed by atoms with Gasteiger partial charge in [-0.3, -0.25) is 9.78 Å². The summed E-state index contributed by atoms with van der Waals surface area (Å²) in [7, 11) is 0. The zero-order valence-electron chi connectivity index (χ0n) is 10.6. The molecule has 5 heteroatoms. The van der Waals surface area contributed by atoms with Crippen molar-refractivity contribution in [2.75, 3.05) is 25.0 Å². The molecule has 1 aromatic rings. The Morgan fingerprint density at radius 3 is 3.22 bits per heavy atom. The molecule has 1 amide bonds. The van der Waals surface area contributed by atoms with E-state index in [9.17, 15) is 4.79 Å². The number of hydrogen-bond acceptors (Lipinski definition) is 4. The van der Waals surface area contributed by atoms with Crippen LogP contribution in [0.5, 0.6) is 0 Å². The lowest BCUT2D eigenvalue weighted by Gasteiger charge is -2.11. The average molecular weight is 249 g/mol. The van der Waals surface area contributed by atoms with Gasteiger partial charge >= 0.3 is 0 Å².